The van der Waals surface area contributed by atoms with Gasteiger partial charge in [0.1, 0.15) is 35.6 Å². The number of amides is 1. The number of carbonyl (C=O) groups excluding carboxylic acids is 1. The Balaban J connectivity index is 1.68. The van der Waals surface area contributed by atoms with E-state index in [2.05, 4.69) is 17.8 Å². The number of nitrogens with zero attached hydrogens (tertiary/aromatic N) is 1. The molecule has 0 aliphatic carbocycles. The molecule has 3 heterocycles. The normalized spacial score (nSPS) is 32.7. The minimum absolute atomic E-state index is 0.0579. The molecule has 0 spiro atoms. The summed E-state index contributed by atoms with van der Waals surface area (Å²) < 4.78 is 91.5. The van der Waals surface area contributed by atoms with Crippen molar-refractivity contribution in [3.05, 3.63) is 52.7 Å². The maximum atomic E-state index is 16.2. The van der Waals surface area contributed by atoms with Crippen LogP contribution in [0.25, 0.3) is 0 Å². The van der Waals surface area contributed by atoms with Crippen LogP contribution in [0.3, 0.4) is 0 Å². The van der Waals surface area contributed by atoms with Crippen LogP contribution in [-0.4, -0.2) is 40.6 Å². The van der Waals surface area contributed by atoms with Crippen molar-refractivity contribution in [2.75, 3.05) is 6.56 Å². The molecule has 4 rings (SSSR count). The minimum atomic E-state index is -4.99. The van der Waals surface area contributed by atoms with Gasteiger partial charge in [0, 0.05) is 18.2 Å². The van der Waals surface area contributed by atoms with Crippen LogP contribution in [0.1, 0.15) is 68.8 Å². The Morgan fingerprint density at radius 1 is 1.38 bits per heavy atom. The number of aliphatic hydroxyl groups is 1. The Kier molecular flexibility index (Phi) is 6.29. The first-order chi connectivity index (χ1) is 19.0. The van der Waals surface area contributed by atoms with Gasteiger partial charge in [-0.05, 0) is 22.5 Å². The summed E-state index contributed by atoms with van der Waals surface area (Å²) in [6.45, 7) is 10.1. The van der Waals surface area contributed by atoms with Gasteiger partial charge >= 0.3 is 7.82 Å². The number of aliphatic hydroxyl groups excluding tert-OH is 1. The number of halogens is 2. The van der Waals surface area contributed by atoms with Crippen LogP contribution in [0.15, 0.2) is 30.2 Å². The molecule has 12 heteroatoms. The number of hydrogen-bond acceptors (Lipinski definition) is 8. The van der Waals surface area contributed by atoms with Gasteiger partial charge < -0.3 is 24.6 Å². The minimum Gasteiger partial charge on any atom is -0.403 e. The van der Waals surface area contributed by atoms with Crippen LogP contribution < -0.4 is 9.84 Å². The first-order valence-corrected chi connectivity index (χ1v) is 13.5. The van der Waals surface area contributed by atoms with Gasteiger partial charge in [0.25, 0.3) is 5.91 Å². The molecule has 1 aromatic carbocycles. The third kappa shape index (κ3) is 5.63. The topological polar surface area (TPSA) is 107 Å². The van der Waals surface area contributed by atoms with Crippen molar-refractivity contribution in [1.82, 2.24) is 10.2 Å². The van der Waals surface area contributed by atoms with Crippen LogP contribution >= 0.6 is 7.82 Å². The number of fused-ring (bicyclic) bond motifs is 1. The molecule has 1 amide bonds. The van der Waals surface area contributed by atoms with E-state index in [-0.39, 0.29) is 22.7 Å². The lowest BCUT2D eigenvalue weighted by Crippen LogP contribution is -2.46. The molecule has 39 heavy (non-hydrogen) atoms. The predicted molar refractivity (Wildman–Crippen MR) is 138 cm³/mol. The van der Waals surface area contributed by atoms with Crippen LogP contribution in [-0.2, 0) is 40.6 Å². The van der Waals surface area contributed by atoms with E-state index in [0.29, 0.717) is 11.1 Å². The van der Waals surface area contributed by atoms with Crippen LogP contribution in [0.2, 0.25) is 0 Å². The van der Waals surface area contributed by atoms with Crippen LogP contribution in [0, 0.1) is 18.2 Å². The van der Waals surface area contributed by atoms with E-state index < -0.39 is 68.1 Å². The van der Waals surface area contributed by atoms with Crippen molar-refractivity contribution in [2.45, 2.75) is 83.6 Å². The summed E-state index contributed by atoms with van der Waals surface area (Å²) in [4.78, 5) is 12.7. The molecule has 0 radical (unpaired) electrons. The summed E-state index contributed by atoms with van der Waals surface area (Å²) in [7, 11) is -4.99. The third-order valence-electron chi connectivity index (χ3n) is 6.26. The SMILES string of the molecule is [2H]C([2H])(OP1(=O)OCc2c(F)c(C(C)(C)C)cc(C(C)(C)C)c2O1)[C@]1(F)C[C@@H](O)[C@]([2H])(N2C=C(C#C)C(=O)NC2=C)O1. The van der Waals surface area contributed by atoms with Crippen molar-refractivity contribution in [3.8, 4) is 18.1 Å². The van der Waals surface area contributed by atoms with Gasteiger partial charge in [-0.3, -0.25) is 13.8 Å². The van der Waals surface area contributed by atoms with E-state index >= 15 is 8.78 Å². The monoisotopic (exact) mass is 569 g/mol. The van der Waals surface area contributed by atoms with Gasteiger partial charge in [0.15, 0.2) is 6.20 Å². The molecule has 0 aromatic heterocycles. The average molecular weight is 570 g/mol. The molecule has 1 fully saturated rings. The van der Waals surface area contributed by atoms with E-state index in [1.807, 2.05) is 41.5 Å². The highest BCUT2D eigenvalue weighted by Gasteiger charge is 2.52. The number of ether oxygens (including phenoxy) is 1. The summed E-state index contributed by atoms with van der Waals surface area (Å²) in [5.74, 6) is -3.44. The van der Waals surface area contributed by atoms with Gasteiger partial charge in [-0.25, -0.2) is 13.3 Å². The number of terminal acetylenes is 1. The predicted octanol–water partition coefficient (Wildman–Crippen LogP) is 4.65. The Labute approximate surface area is 231 Å². The second kappa shape index (κ2) is 9.72. The van der Waals surface area contributed by atoms with E-state index in [1.54, 1.807) is 6.07 Å². The molecule has 0 bridgehead atoms. The second-order valence-corrected chi connectivity index (χ2v) is 13.0. The molecule has 3 aliphatic rings. The smallest absolute Gasteiger partial charge is 0.403 e. The maximum absolute atomic E-state index is 16.2. The van der Waals surface area contributed by atoms with Crippen molar-refractivity contribution in [3.63, 3.8) is 0 Å². The van der Waals surface area contributed by atoms with Gasteiger partial charge in [-0.15, -0.1) is 6.42 Å². The molecule has 1 saturated heterocycles. The fourth-order valence-electron chi connectivity index (χ4n) is 4.19. The zero-order valence-corrected chi connectivity index (χ0v) is 23.4. The third-order valence-corrected chi connectivity index (χ3v) is 7.42. The first kappa shape index (κ1) is 25.2. The highest BCUT2D eigenvalue weighted by atomic mass is 31.2. The molecule has 1 aromatic rings. The molecule has 9 nitrogen and oxygen atoms in total. The number of phosphoric acid groups is 1. The summed E-state index contributed by atoms with van der Waals surface area (Å²) in [6, 6.07) is 1.57. The molecule has 2 N–H and O–H groups in total. The summed E-state index contributed by atoms with van der Waals surface area (Å²) >= 11 is 0. The molecule has 4 atom stereocenters. The lowest BCUT2D eigenvalue weighted by atomic mass is 9.78. The Morgan fingerprint density at radius 3 is 2.62 bits per heavy atom. The number of hydrogen-bond donors (Lipinski definition) is 2. The summed E-state index contributed by atoms with van der Waals surface area (Å²) in [5.41, 5.74) is -0.850. The van der Waals surface area contributed by atoms with E-state index in [0.717, 1.165) is 11.1 Å². The Bertz CT molecular complexity index is 1480. The molecule has 1 unspecified atom stereocenters. The van der Waals surface area contributed by atoms with Gasteiger partial charge in [-0.2, -0.15) is 0 Å². The zero-order chi connectivity index (χ0) is 31.8. The number of nitrogens with one attached hydrogen (secondary N) is 1. The molecular formula is C27H33F2N2O7P. The lowest BCUT2D eigenvalue weighted by molar-refractivity contribution is -0.184. The molecule has 3 aliphatic heterocycles. The standard InChI is InChI=1S/C27H33F2N2O7P/c1-9-16-12-31(15(2)30-23(16)33)24-20(32)11-27(29,37-24)14-36-39(34)35-13-17-21(28)18(25(3,4)5)10-19(22(17)38-39)26(6,7)8/h1,10,12,20,24,32H,2,11,13-14H2,3-8H3,(H,30,33)/t20-,24-,27+,39?/m1/s1/i14D2,24D. The Morgan fingerprint density at radius 2 is 2.03 bits per heavy atom. The lowest BCUT2D eigenvalue weighted by Gasteiger charge is -2.35. The van der Waals surface area contributed by atoms with Crippen molar-refractivity contribution < 1.29 is 45.7 Å². The largest absolute Gasteiger partial charge is 0.530 e. The van der Waals surface area contributed by atoms with Crippen LogP contribution in [0.5, 0.6) is 5.75 Å². The van der Waals surface area contributed by atoms with Crippen molar-refractivity contribution in [1.29, 1.82) is 0 Å². The van der Waals surface area contributed by atoms with Crippen LogP contribution in [0.4, 0.5) is 8.78 Å². The van der Waals surface area contributed by atoms with Gasteiger partial charge in [0.2, 0.25) is 5.85 Å². The fourth-order valence-corrected chi connectivity index (χ4v) is 5.30. The summed E-state index contributed by atoms with van der Waals surface area (Å²) in [6.07, 6.45) is 0.171. The zero-order valence-electron chi connectivity index (χ0n) is 25.5. The van der Waals surface area contributed by atoms with E-state index in [9.17, 15) is 14.5 Å². The Hall–Kier alpha value is -2.74. The van der Waals surface area contributed by atoms with Crippen molar-refractivity contribution >= 4 is 13.7 Å². The number of alkyl halides is 1. The maximum Gasteiger partial charge on any atom is 0.530 e. The fraction of sp³-hybridized carbons (Fsp3) is 0.519. The van der Waals surface area contributed by atoms with Crippen molar-refractivity contribution in [2.24, 2.45) is 0 Å². The molecular weight excluding hydrogens is 533 g/mol. The quantitative estimate of drug-likeness (QED) is 0.399. The van der Waals surface area contributed by atoms with Gasteiger partial charge in [0.05, 0.1) is 16.3 Å². The highest BCUT2D eigenvalue weighted by molar-refractivity contribution is 7.49. The summed E-state index contributed by atoms with van der Waals surface area (Å²) in [5, 5.41) is 12.9. The number of phosphoric ester groups is 1. The highest BCUT2D eigenvalue weighted by Crippen LogP contribution is 2.58. The number of carbonyl (C=O) groups is 1. The first-order valence-electron chi connectivity index (χ1n) is 13.5. The van der Waals surface area contributed by atoms with E-state index in [4.69, 9.17) is 28.8 Å². The average Bonchev–Trinajstić information content (AvgIpc) is 3.07. The molecule has 212 valence electrons. The second-order valence-electron chi connectivity index (χ2n) is 11.4. The molecule has 0 saturated carbocycles. The number of benzene rings is 1. The number of rotatable bonds is 4. The van der Waals surface area contributed by atoms with E-state index in [1.165, 1.54) is 0 Å². The van der Waals surface area contributed by atoms with Gasteiger partial charge in [-0.1, -0.05) is 54.0 Å².